The number of hydrogen-bond donors (Lipinski definition) is 0. The summed E-state index contributed by atoms with van der Waals surface area (Å²) in [6.45, 7) is 10.3. The summed E-state index contributed by atoms with van der Waals surface area (Å²) < 4.78 is 21.9. The Morgan fingerprint density at radius 1 is 1.06 bits per heavy atom. The van der Waals surface area contributed by atoms with Crippen molar-refractivity contribution in [2.24, 2.45) is 0 Å². The molecule has 0 saturated carbocycles. The molecule has 0 aromatic rings. The van der Waals surface area contributed by atoms with Crippen LogP contribution in [0, 0.1) is 0 Å². The first kappa shape index (κ1) is 17.5. The maximum atomic E-state index is 5.90. The molecular weight excluding hydrogens is 248 g/mol. The Morgan fingerprint density at radius 2 is 1.56 bits per heavy atom. The Bertz CT molecular complexity index is 277. The maximum Gasteiger partial charge on any atom is 0.263 e. The van der Waals surface area contributed by atoms with Gasteiger partial charge in [-0.15, -0.1) is 0 Å². The summed E-state index contributed by atoms with van der Waals surface area (Å²) in [6, 6.07) is 0. The quantitative estimate of drug-likeness (QED) is 0.386. The van der Waals surface area contributed by atoms with E-state index < -0.39 is 14.1 Å². The van der Waals surface area contributed by atoms with E-state index in [0.29, 0.717) is 5.95 Å². The van der Waals surface area contributed by atoms with Crippen molar-refractivity contribution in [3.63, 3.8) is 0 Å². The first-order valence-electron chi connectivity index (χ1n) is 6.20. The number of allylic oxidation sites excluding steroid dienone is 1. The van der Waals surface area contributed by atoms with Gasteiger partial charge in [0, 0.05) is 26.2 Å². The fraction of sp³-hybridized carbons (Fsp3) is 0.846. The summed E-state index contributed by atoms with van der Waals surface area (Å²) in [5, 5.41) is 0. The van der Waals surface area contributed by atoms with Gasteiger partial charge in [-0.25, -0.2) is 0 Å². The van der Waals surface area contributed by atoms with Crippen LogP contribution in [0.1, 0.15) is 26.7 Å². The van der Waals surface area contributed by atoms with Crippen LogP contribution < -0.4 is 0 Å². The van der Waals surface area contributed by atoms with Gasteiger partial charge in [-0.3, -0.25) is 0 Å². The zero-order valence-corrected chi connectivity index (χ0v) is 14.0. The van der Waals surface area contributed by atoms with Crippen molar-refractivity contribution >= 4 is 8.32 Å². The van der Waals surface area contributed by atoms with Gasteiger partial charge in [-0.1, -0.05) is 0 Å². The molecule has 0 bridgehead atoms. The van der Waals surface area contributed by atoms with Crippen LogP contribution in [0.4, 0.5) is 0 Å². The van der Waals surface area contributed by atoms with Crippen LogP contribution in [0.2, 0.25) is 19.6 Å². The molecule has 0 spiro atoms. The Hall–Kier alpha value is -0.523. The monoisotopic (exact) mass is 276 g/mol. The van der Waals surface area contributed by atoms with Gasteiger partial charge in [-0.05, 0) is 39.9 Å². The first-order chi connectivity index (χ1) is 8.17. The minimum atomic E-state index is -1.64. The first-order valence-corrected chi connectivity index (χ1v) is 9.61. The molecule has 0 aromatic heterocycles. The molecule has 0 rings (SSSR count). The van der Waals surface area contributed by atoms with Crippen molar-refractivity contribution in [3.8, 4) is 0 Å². The summed E-state index contributed by atoms with van der Waals surface area (Å²) in [5.74, 6) is 0.0861. The lowest BCUT2D eigenvalue weighted by Gasteiger charge is -2.27. The van der Waals surface area contributed by atoms with E-state index in [0.717, 1.165) is 18.4 Å². The lowest BCUT2D eigenvalue weighted by molar-refractivity contribution is -0.196. The standard InChI is InChI=1S/C13H28O4Si/c1-11(9-10-13(2,15-4)16-5)12(14-3)17-18(6,7)8/h9-10H2,1-8H3/b12-11+. The zero-order chi connectivity index (χ0) is 14.4. The second-order valence-electron chi connectivity index (χ2n) is 5.53. The van der Waals surface area contributed by atoms with Crippen molar-refractivity contribution in [1.29, 1.82) is 0 Å². The van der Waals surface area contributed by atoms with Crippen molar-refractivity contribution in [2.75, 3.05) is 21.3 Å². The fourth-order valence-electron chi connectivity index (χ4n) is 1.39. The van der Waals surface area contributed by atoms with Crippen LogP contribution in [-0.4, -0.2) is 35.4 Å². The van der Waals surface area contributed by atoms with E-state index in [2.05, 4.69) is 19.6 Å². The lowest BCUT2D eigenvalue weighted by atomic mass is 10.1. The van der Waals surface area contributed by atoms with E-state index in [1.54, 1.807) is 21.3 Å². The molecule has 108 valence electrons. The van der Waals surface area contributed by atoms with Gasteiger partial charge in [0.15, 0.2) is 5.79 Å². The predicted octanol–water partition coefficient (Wildman–Crippen LogP) is 3.51. The molecule has 0 aliphatic rings. The molecule has 0 unspecified atom stereocenters. The van der Waals surface area contributed by atoms with E-state index in [4.69, 9.17) is 18.6 Å². The van der Waals surface area contributed by atoms with Crippen LogP contribution in [0.25, 0.3) is 0 Å². The second kappa shape index (κ2) is 7.16. The number of hydrogen-bond acceptors (Lipinski definition) is 4. The zero-order valence-electron chi connectivity index (χ0n) is 13.0. The van der Waals surface area contributed by atoms with E-state index in [1.165, 1.54) is 0 Å². The lowest BCUT2D eigenvalue weighted by Crippen LogP contribution is -2.30. The molecule has 0 amide bonds. The smallest absolute Gasteiger partial charge is 0.263 e. The number of methoxy groups -OCH3 is 3. The molecule has 0 fully saturated rings. The summed E-state index contributed by atoms with van der Waals surface area (Å²) in [4.78, 5) is 0. The van der Waals surface area contributed by atoms with Gasteiger partial charge in [0.1, 0.15) is 0 Å². The van der Waals surface area contributed by atoms with E-state index >= 15 is 0 Å². The third-order valence-electron chi connectivity index (χ3n) is 2.75. The van der Waals surface area contributed by atoms with Crippen molar-refractivity contribution in [2.45, 2.75) is 52.1 Å². The molecule has 0 aromatic carbocycles. The average Bonchev–Trinajstić information content (AvgIpc) is 2.31. The van der Waals surface area contributed by atoms with Gasteiger partial charge >= 0.3 is 0 Å². The second-order valence-corrected chi connectivity index (χ2v) is 9.96. The normalized spacial score (nSPS) is 14.2. The van der Waals surface area contributed by atoms with Crippen molar-refractivity contribution < 1.29 is 18.6 Å². The van der Waals surface area contributed by atoms with Crippen molar-refractivity contribution in [3.05, 3.63) is 11.5 Å². The summed E-state index contributed by atoms with van der Waals surface area (Å²) in [7, 11) is 3.31. The molecule has 0 saturated heterocycles. The highest BCUT2D eigenvalue weighted by atomic mass is 28.4. The molecule has 5 heteroatoms. The van der Waals surface area contributed by atoms with Gasteiger partial charge in [0.05, 0.1) is 7.11 Å². The van der Waals surface area contributed by atoms with Crippen LogP contribution in [-0.2, 0) is 18.6 Å². The SMILES string of the molecule is CO/C(O[Si](C)(C)C)=C(/C)CCC(C)(OC)OC. The van der Waals surface area contributed by atoms with Gasteiger partial charge in [0.25, 0.3) is 5.95 Å². The Kier molecular flexibility index (Phi) is 6.95. The summed E-state index contributed by atoms with van der Waals surface area (Å²) in [5.41, 5.74) is 1.08. The minimum absolute atomic E-state index is 0.556. The Balaban J connectivity index is 4.64. The van der Waals surface area contributed by atoms with Crippen LogP contribution in [0.3, 0.4) is 0 Å². The Labute approximate surface area is 112 Å². The molecule has 0 aliphatic heterocycles. The fourth-order valence-corrected chi connectivity index (χ4v) is 2.20. The van der Waals surface area contributed by atoms with Crippen molar-refractivity contribution in [1.82, 2.24) is 0 Å². The molecule has 18 heavy (non-hydrogen) atoms. The highest BCUT2D eigenvalue weighted by Gasteiger charge is 2.24. The molecule has 0 radical (unpaired) electrons. The van der Waals surface area contributed by atoms with E-state index in [9.17, 15) is 0 Å². The maximum absolute atomic E-state index is 5.90. The molecule has 0 heterocycles. The van der Waals surface area contributed by atoms with E-state index in [-0.39, 0.29) is 0 Å². The van der Waals surface area contributed by atoms with Gasteiger partial charge in [0.2, 0.25) is 8.32 Å². The topological polar surface area (TPSA) is 36.9 Å². The molecule has 4 nitrogen and oxygen atoms in total. The minimum Gasteiger partial charge on any atom is -0.520 e. The molecule has 0 N–H and O–H groups in total. The summed E-state index contributed by atoms with van der Waals surface area (Å²) in [6.07, 6.45) is 1.57. The van der Waals surface area contributed by atoms with Gasteiger partial charge < -0.3 is 18.6 Å². The third kappa shape index (κ3) is 6.42. The Morgan fingerprint density at radius 3 is 1.89 bits per heavy atom. The van der Waals surface area contributed by atoms with Crippen LogP contribution >= 0.6 is 0 Å². The summed E-state index contributed by atoms with van der Waals surface area (Å²) >= 11 is 0. The third-order valence-corrected chi connectivity index (χ3v) is 3.55. The van der Waals surface area contributed by atoms with Crippen LogP contribution in [0.15, 0.2) is 11.5 Å². The highest BCUT2D eigenvalue weighted by Crippen LogP contribution is 2.23. The number of ether oxygens (including phenoxy) is 3. The average molecular weight is 276 g/mol. The van der Waals surface area contributed by atoms with E-state index in [1.807, 2.05) is 13.8 Å². The predicted molar refractivity (Wildman–Crippen MR) is 75.8 cm³/mol. The van der Waals surface area contributed by atoms with Gasteiger partial charge in [-0.2, -0.15) is 0 Å². The van der Waals surface area contributed by atoms with Crippen LogP contribution in [0.5, 0.6) is 0 Å². The number of rotatable bonds is 8. The molecular formula is C13H28O4Si. The molecule has 0 aliphatic carbocycles. The largest absolute Gasteiger partial charge is 0.520 e. The molecule has 0 atom stereocenters. The highest BCUT2D eigenvalue weighted by molar-refractivity contribution is 6.70.